The van der Waals surface area contributed by atoms with Crippen molar-refractivity contribution in [2.75, 3.05) is 5.32 Å². The Hall–Kier alpha value is -2.01. The van der Waals surface area contributed by atoms with Gasteiger partial charge in [-0.05, 0) is 45.8 Å². The third kappa shape index (κ3) is 2.56. The van der Waals surface area contributed by atoms with Gasteiger partial charge in [0.2, 0.25) is 0 Å². The zero-order valence-electron chi connectivity index (χ0n) is 10.0. The van der Waals surface area contributed by atoms with E-state index in [1.165, 1.54) is 0 Å². The van der Waals surface area contributed by atoms with Crippen LogP contribution in [0.4, 0.5) is 5.82 Å². The summed E-state index contributed by atoms with van der Waals surface area (Å²) >= 11 is 3.50. The van der Waals surface area contributed by atoms with Crippen LogP contribution < -0.4 is 5.32 Å². The van der Waals surface area contributed by atoms with Gasteiger partial charge in [-0.3, -0.25) is 4.98 Å². The van der Waals surface area contributed by atoms with Gasteiger partial charge in [0.25, 0.3) is 0 Å². The molecule has 94 valence electrons. The molecule has 0 fully saturated rings. The van der Waals surface area contributed by atoms with E-state index in [9.17, 15) is 0 Å². The molecule has 0 amide bonds. The molecule has 0 radical (unpaired) electrons. The molecule has 0 bridgehead atoms. The van der Waals surface area contributed by atoms with Crippen molar-refractivity contribution in [1.29, 1.82) is 0 Å². The van der Waals surface area contributed by atoms with Gasteiger partial charge in [-0.1, -0.05) is 6.07 Å². The lowest BCUT2D eigenvalue weighted by atomic mass is 10.2. The molecule has 0 unspecified atom stereocenters. The summed E-state index contributed by atoms with van der Waals surface area (Å²) in [4.78, 5) is 12.6. The topological polar surface area (TPSA) is 50.7 Å². The third-order valence-electron chi connectivity index (χ3n) is 2.82. The molecule has 0 spiro atoms. The predicted molar refractivity (Wildman–Crippen MR) is 78.8 cm³/mol. The number of para-hydroxylation sites is 1. The molecule has 0 saturated heterocycles. The Labute approximate surface area is 119 Å². The van der Waals surface area contributed by atoms with Crippen molar-refractivity contribution in [3.8, 4) is 0 Å². The van der Waals surface area contributed by atoms with E-state index < -0.39 is 0 Å². The number of pyridine rings is 1. The number of anilines is 1. The third-order valence-corrected chi connectivity index (χ3v) is 3.46. The number of hydrogen-bond donors (Lipinski definition) is 1. The van der Waals surface area contributed by atoms with Crippen LogP contribution in [-0.4, -0.2) is 15.0 Å². The highest BCUT2D eigenvalue weighted by molar-refractivity contribution is 9.10. The highest BCUT2D eigenvalue weighted by Gasteiger charge is 2.05. The lowest BCUT2D eigenvalue weighted by molar-refractivity contribution is 1.09. The Morgan fingerprint density at radius 1 is 1.05 bits per heavy atom. The van der Waals surface area contributed by atoms with E-state index in [-0.39, 0.29) is 0 Å². The normalized spacial score (nSPS) is 10.6. The number of nitrogens with one attached hydrogen (secondary N) is 1. The quantitative estimate of drug-likeness (QED) is 0.805. The Bertz CT molecular complexity index is 700. The van der Waals surface area contributed by atoms with Crippen molar-refractivity contribution in [3.63, 3.8) is 0 Å². The fraction of sp³-hybridized carbons (Fsp3) is 0.0714. The highest BCUT2D eigenvalue weighted by Crippen LogP contribution is 2.25. The van der Waals surface area contributed by atoms with Crippen LogP contribution in [0.1, 0.15) is 5.56 Å². The molecule has 3 aromatic rings. The molecule has 1 aromatic carbocycles. The maximum absolute atomic E-state index is 4.30. The Morgan fingerprint density at radius 2 is 1.89 bits per heavy atom. The first-order valence-corrected chi connectivity index (χ1v) is 6.66. The SMILES string of the molecule is Brc1cccc2c(NCc3ccncc3)ncnc12. The van der Waals surface area contributed by atoms with Crippen LogP contribution in [0.2, 0.25) is 0 Å². The number of fused-ring (bicyclic) bond motifs is 1. The Kier molecular flexibility index (Phi) is 3.37. The fourth-order valence-corrected chi connectivity index (χ4v) is 2.35. The van der Waals surface area contributed by atoms with Crippen LogP contribution in [0.15, 0.2) is 53.5 Å². The zero-order chi connectivity index (χ0) is 13.1. The Balaban J connectivity index is 1.91. The average molecular weight is 315 g/mol. The smallest absolute Gasteiger partial charge is 0.137 e. The van der Waals surface area contributed by atoms with Crippen LogP contribution in [0, 0.1) is 0 Å². The summed E-state index contributed by atoms with van der Waals surface area (Å²) in [5.41, 5.74) is 2.08. The molecule has 3 rings (SSSR count). The summed E-state index contributed by atoms with van der Waals surface area (Å²) in [6.45, 7) is 0.709. The highest BCUT2D eigenvalue weighted by atomic mass is 79.9. The van der Waals surface area contributed by atoms with Crippen LogP contribution in [0.3, 0.4) is 0 Å². The van der Waals surface area contributed by atoms with E-state index in [2.05, 4.69) is 36.2 Å². The van der Waals surface area contributed by atoms with Crippen molar-refractivity contribution < 1.29 is 0 Å². The van der Waals surface area contributed by atoms with Crippen molar-refractivity contribution in [3.05, 3.63) is 59.1 Å². The number of nitrogens with zero attached hydrogens (tertiary/aromatic N) is 3. The summed E-state index contributed by atoms with van der Waals surface area (Å²) in [6.07, 6.45) is 5.14. The molecular formula is C14H11BrN4. The lowest BCUT2D eigenvalue weighted by Crippen LogP contribution is -2.02. The predicted octanol–water partition coefficient (Wildman–Crippen LogP) is 3.40. The number of rotatable bonds is 3. The summed E-state index contributed by atoms with van der Waals surface area (Å²) in [6, 6.07) is 9.92. The van der Waals surface area contributed by atoms with Gasteiger partial charge in [-0.2, -0.15) is 0 Å². The second-order valence-electron chi connectivity index (χ2n) is 4.07. The maximum Gasteiger partial charge on any atom is 0.137 e. The Morgan fingerprint density at radius 3 is 2.74 bits per heavy atom. The summed E-state index contributed by atoms with van der Waals surface area (Å²) in [7, 11) is 0. The van der Waals surface area contributed by atoms with E-state index in [0.29, 0.717) is 6.54 Å². The van der Waals surface area contributed by atoms with E-state index in [4.69, 9.17) is 0 Å². The van der Waals surface area contributed by atoms with Gasteiger partial charge in [0.15, 0.2) is 0 Å². The van der Waals surface area contributed by atoms with Gasteiger partial charge in [0, 0.05) is 28.8 Å². The average Bonchev–Trinajstić information content (AvgIpc) is 2.47. The molecule has 0 aliphatic rings. The molecule has 0 saturated carbocycles. The van der Waals surface area contributed by atoms with Crippen LogP contribution in [-0.2, 0) is 6.54 Å². The van der Waals surface area contributed by atoms with Crippen LogP contribution >= 0.6 is 15.9 Å². The molecule has 1 N–H and O–H groups in total. The minimum absolute atomic E-state index is 0.709. The molecule has 19 heavy (non-hydrogen) atoms. The molecular weight excluding hydrogens is 304 g/mol. The van der Waals surface area contributed by atoms with E-state index in [1.54, 1.807) is 18.7 Å². The van der Waals surface area contributed by atoms with Crippen LogP contribution in [0.25, 0.3) is 10.9 Å². The minimum Gasteiger partial charge on any atom is -0.365 e. The lowest BCUT2D eigenvalue weighted by Gasteiger charge is -2.08. The van der Waals surface area contributed by atoms with Gasteiger partial charge < -0.3 is 5.32 Å². The molecule has 0 atom stereocenters. The first-order valence-electron chi connectivity index (χ1n) is 5.86. The second kappa shape index (κ2) is 5.32. The first-order chi connectivity index (χ1) is 9.34. The minimum atomic E-state index is 0.709. The van der Waals surface area contributed by atoms with E-state index in [1.807, 2.05) is 30.3 Å². The summed E-state index contributed by atoms with van der Waals surface area (Å²) in [5, 5.41) is 4.34. The van der Waals surface area contributed by atoms with E-state index in [0.717, 1.165) is 26.8 Å². The van der Waals surface area contributed by atoms with Crippen molar-refractivity contribution >= 4 is 32.7 Å². The van der Waals surface area contributed by atoms with Gasteiger partial charge in [0.05, 0.1) is 5.52 Å². The summed E-state index contributed by atoms with van der Waals surface area (Å²) < 4.78 is 0.972. The molecule has 5 heteroatoms. The monoisotopic (exact) mass is 314 g/mol. The molecule has 4 nitrogen and oxygen atoms in total. The van der Waals surface area contributed by atoms with Gasteiger partial charge in [-0.25, -0.2) is 9.97 Å². The largest absolute Gasteiger partial charge is 0.365 e. The molecule has 0 aliphatic carbocycles. The molecule has 2 heterocycles. The zero-order valence-corrected chi connectivity index (χ0v) is 11.6. The van der Waals surface area contributed by atoms with E-state index >= 15 is 0 Å². The second-order valence-corrected chi connectivity index (χ2v) is 4.92. The molecule has 2 aromatic heterocycles. The number of halogens is 1. The van der Waals surface area contributed by atoms with Gasteiger partial charge in [-0.15, -0.1) is 0 Å². The maximum atomic E-state index is 4.30. The number of aromatic nitrogens is 3. The van der Waals surface area contributed by atoms with Gasteiger partial charge in [0.1, 0.15) is 12.1 Å². The van der Waals surface area contributed by atoms with Gasteiger partial charge >= 0.3 is 0 Å². The fourth-order valence-electron chi connectivity index (χ4n) is 1.88. The first kappa shape index (κ1) is 12.0. The standard InChI is InChI=1S/C14H11BrN4/c15-12-3-1-2-11-13(12)18-9-19-14(11)17-8-10-4-6-16-7-5-10/h1-7,9H,8H2,(H,17,18,19). The number of hydrogen-bond acceptors (Lipinski definition) is 4. The van der Waals surface area contributed by atoms with Crippen molar-refractivity contribution in [1.82, 2.24) is 15.0 Å². The summed E-state index contributed by atoms with van der Waals surface area (Å²) in [5.74, 6) is 0.836. The number of benzene rings is 1. The van der Waals surface area contributed by atoms with Crippen molar-refractivity contribution in [2.45, 2.75) is 6.54 Å². The van der Waals surface area contributed by atoms with Crippen LogP contribution in [0.5, 0.6) is 0 Å². The molecule has 0 aliphatic heterocycles. The van der Waals surface area contributed by atoms with Crippen molar-refractivity contribution in [2.24, 2.45) is 0 Å².